The van der Waals surface area contributed by atoms with Gasteiger partial charge in [-0.3, -0.25) is 0 Å². The fourth-order valence-electron chi connectivity index (χ4n) is 2.35. The average Bonchev–Trinajstić information content (AvgIpc) is 2.48. The van der Waals surface area contributed by atoms with Crippen LogP contribution in [-0.4, -0.2) is 0 Å². The van der Waals surface area contributed by atoms with E-state index in [4.69, 9.17) is 5.26 Å². The van der Waals surface area contributed by atoms with Crippen LogP contribution in [0, 0.1) is 11.3 Å². The maximum Gasteiger partial charge on any atom is 0.0647 e. The Bertz CT molecular complexity index is 582. The number of hydrogen-bond acceptors (Lipinski definition) is 2. The van der Waals surface area contributed by atoms with Crippen LogP contribution in [0.2, 0.25) is 0 Å². The molecule has 0 aromatic heterocycles. The fourth-order valence-corrected chi connectivity index (χ4v) is 2.35. The summed E-state index contributed by atoms with van der Waals surface area (Å²) in [4.78, 5) is 0. The summed E-state index contributed by atoms with van der Waals surface area (Å²) in [5.41, 5.74) is 3.55. The van der Waals surface area contributed by atoms with Crippen LogP contribution < -0.4 is 5.32 Å². The number of hydrogen-bond donors (Lipinski definition) is 1. The molecule has 0 radical (unpaired) electrons. The lowest BCUT2D eigenvalue weighted by Gasteiger charge is -2.21. The molecule has 0 aliphatic heterocycles. The standard InChI is InChI=1S/C18H20N2/c1-14(2)16-10-6-7-11-18(16)20-17(12-13-19)15-8-4-3-5-9-15/h3-11,14,17,20H,12H2,1-2H3. The first kappa shape index (κ1) is 14.1. The zero-order chi connectivity index (χ0) is 14.4. The molecule has 0 fully saturated rings. The molecule has 0 bridgehead atoms. The minimum absolute atomic E-state index is 0.0288. The summed E-state index contributed by atoms with van der Waals surface area (Å²) in [6.45, 7) is 4.37. The van der Waals surface area contributed by atoms with Crippen molar-refractivity contribution < 1.29 is 0 Å². The first-order valence-electron chi connectivity index (χ1n) is 6.99. The van der Waals surface area contributed by atoms with Crippen LogP contribution in [0.4, 0.5) is 5.69 Å². The summed E-state index contributed by atoms with van der Waals surface area (Å²) in [5, 5.41) is 12.6. The predicted molar refractivity (Wildman–Crippen MR) is 83.6 cm³/mol. The first-order chi connectivity index (χ1) is 9.72. The van der Waals surface area contributed by atoms with Gasteiger partial charge in [0.2, 0.25) is 0 Å². The van der Waals surface area contributed by atoms with Crippen LogP contribution in [0.1, 0.15) is 43.4 Å². The number of nitrogens with zero attached hydrogens (tertiary/aromatic N) is 1. The van der Waals surface area contributed by atoms with Crippen LogP contribution in [0.3, 0.4) is 0 Å². The second kappa shape index (κ2) is 6.77. The van der Waals surface area contributed by atoms with Gasteiger partial charge >= 0.3 is 0 Å². The van der Waals surface area contributed by atoms with E-state index >= 15 is 0 Å². The Kier molecular flexibility index (Phi) is 4.79. The van der Waals surface area contributed by atoms with E-state index in [-0.39, 0.29) is 6.04 Å². The van der Waals surface area contributed by atoms with Gasteiger partial charge in [-0.15, -0.1) is 0 Å². The van der Waals surface area contributed by atoms with Crippen LogP contribution in [0.25, 0.3) is 0 Å². The van der Waals surface area contributed by atoms with E-state index < -0.39 is 0 Å². The molecule has 1 unspecified atom stereocenters. The third kappa shape index (κ3) is 3.39. The van der Waals surface area contributed by atoms with E-state index in [0.717, 1.165) is 11.3 Å². The average molecular weight is 264 g/mol. The normalized spacial score (nSPS) is 11.9. The van der Waals surface area contributed by atoms with Crippen molar-refractivity contribution in [2.45, 2.75) is 32.2 Å². The second-order valence-corrected chi connectivity index (χ2v) is 5.21. The third-order valence-electron chi connectivity index (χ3n) is 3.41. The number of nitrogens with one attached hydrogen (secondary N) is 1. The minimum Gasteiger partial charge on any atom is -0.377 e. The molecule has 0 aliphatic rings. The summed E-state index contributed by atoms with van der Waals surface area (Å²) in [7, 11) is 0. The van der Waals surface area contributed by atoms with E-state index in [2.05, 4.69) is 55.6 Å². The van der Waals surface area contributed by atoms with E-state index in [1.165, 1.54) is 5.56 Å². The number of para-hydroxylation sites is 1. The van der Waals surface area contributed by atoms with Crippen molar-refractivity contribution in [1.29, 1.82) is 5.26 Å². The number of benzene rings is 2. The Hall–Kier alpha value is -2.27. The largest absolute Gasteiger partial charge is 0.377 e. The fraction of sp³-hybridized carbons (Fsp3) is 0.278. The quantitative estimate of drug-likeness (QED) is 0.835. The molecular formula is C18H20N2. The van der Waals surface area contributed by atoms with Gasteiger partial charge in [-0.2, -0.15) is 5.26 Å². The predicted octanol–water partition coefficient (Wildman–Crippen LogP) is 4.88. The number of anilines is 1. The molecule has 2 rings (SSSR count). The van der Waals surface area contributed by atoms with Crippen LogP contribution >= 0.6 is 0 Å². The highest BCUT2D eigenvalue weighted by Gasteiger charge is 2.13. The molecule has 0 spiro atoms. The molecule has 1 atom stereocenters. The molecule has 0 aliphatic carbocycles. The SMILES string of the molecule is CC(C)c1ccccc1NC(CC#N)c1ccccc1. The van der Waals surface area contributed by atoms with Crippen molar-refractivity contribution in [3.8, 4) is 6.07 Å². The lowest BCUT2D eigenvalue weighted by molar-refractivity contribution is 0.793. The molecule has 2 aromatic carbocycles. The summed E-state index contributed by atoms with van der Waals surface area (Å²) >= 11 is 0. The van der Waals surface area contributed by atoms with E-state index in [1.54, 1.807) is 0 Å². The topological polar surface area (TPSA) is 35.8 Å². The van der Waals surface area contributed by atoms with Crippen molar-refractivity contribution in [3.63, 3.8) is 0 Å². The van der Waals surface area contributed by atoms with Gasteiger partial charge in [-0.1, -0.05) is 62.4 Å². The van der Waals surface area contributed by atoms with Crippen molar-refractivity contribution in [1.82, 2.24) is 0 Å². The second-order valence-electron chi connectivity index (χ2n) is 5.21. The Morgan fingerprint density at radius 3 is 2.30 bits per heavy atom. The molecule has 102 valence electrons. The smallest absolute Gasteiger partial charge is 0.0647 e. The van der Waals surface area contributed by atoms with Crippen molar-refractivity contribution >= 4 is 5.69 Å². The maximum atomic E-state index is 9.06. The molecule has 20 heavy (non-hydrogen) atoms. The highest BCUT2D eigenvalue weighted by Crippen LogP contribution is 2.28. The van der Waals surface area contributed by atoms with Gasteiger partial charge in [-0.25, -0.2) is 0 Å². The molecule has 2 heteroatoms. The summed E-state index contributed by atoms with van der Waals surface area (Å²) < 4.78 is 0. The Labute approximate surface area is 121 Å². The highest BCUT2D eigenvalue weighted by molar-refractivity contribution is 5.54. The van der Waals surface area contributed by atoms with Crippen LogP contribution in [0.5, 0.6) is 0 Å². The highest BCUT2D eigenvalue weighted by atomic mass is 14.9. The van der Waals surface area contributed by atoms with E-state index in [0.29, 0.717) is 12.3 Å². The molecule has 1 N–H and O–H groups in total. The summed E-state index contributed by atoms with van der Waals surface area (Å²) in [6, 6.07) is 20.8. The van der Waals surface area contributed by atoms with E-state index in [9.17, 15) is 0 Å². The van der Waals surface area contributed by atoms with Gasteiger partial charge < -0.3 is 5.32 Å². The Morgan fingerprint density at radius 2 is 1.65 bits per heavy atom. The van der Waals surface area contributed by atoms with E-state index in [1.807, 2.05) is 24.3 Å². The van der Waals surface area contributed by atoms with Gasteiger partial charge in [0.15, 0.2) is 0 Å². The minimum atomic E-state index is 0.0288. The van der Waals surface area contributed by atoms with Gasteiger partial charge in [-0.05, 0) is 23.1 Å². The Balaban J connectivity index is 2.28. The molecule has 0 amide bonds. The Morgan fingerprint density at radius 1 is 1.00 bits per heavy atom. The molecule has 2 aromatic rings. The van der Waals surface area contributed by atoms with Gasteiger partial charge in [0.1, 0.15) is 0 Å². The third-order valence-corrected chi connectivity index (χ3v) is 3.41. The van der Waals surface area contributed by atoms with Crippen molar-refractivity contribution in [2.24, 2.45) is 0 Å². The van der Waals surface area contributed by atoms with Crippen molar-refractivity contribution in [3.05, 3.63) is 65.7 Å². The van der Waals surface area contributed by atoms with Crippen LogP contribution in [0.15, 0.2) is 54.6 Å². The lowest BCUT2D eigenvalue weighted by atomic mass is 9.99. The maximum absolute atomic E-state index is 9.06. The van der Waals surface area contributed by atoms with Crippen molar-refractivity contribution in [2.75, 3.05) is 5.32 Å². The van der Waals surface area contributed by atoms with Crippen LogP contribution in [-0.2, 0) is 0 Å². The molecule has 2 nitrogen and oxygen atoms in total. The lowest BCUT2D eigenvalue weighted by Crippen LogP contribution is -2.11. The van der Waals surface area contributed by atoms with Gasteiger partial charge in [0, 0.05) is 5.69 Å². The number of nitriles is 1. The molecule has 0 saturated heterocycles. The zero-order valence-electron chi connectivity index (χ0n) is 12.0. The van der Waals surface area contributed by atoms with Gasteiger partial charge in [0.25, 0.3) is 0 Å². The molecule has 0 heterocycles. The molecule has 0 saturated carbocycles. The number of rotatable bonds is 5. The van der Waals surface area contributed by atoms with Gasteiger partial charge in [0.05, 0.1) is 18.5 Å². The summed E-state index contributed by atoms with van der Waals surface area (Å²) in [5.74, 6) is 0.456. The summed E-state index contributed by atoms with van der Waals surface area (Å²) in [6.07, 6.45) is 0.455. The first-order valence-corrected chi connectivity index (χ1v) is 6.99. The monoisotopic (exact) mass is 264 g/mol. The zero-order valence-corrected chi connectivity index (χ0v) is 12.0. The molecular weight excluding hydrogens is 244 g/mol.